The molecule has 0 radical (unpaired) electrons. The molecule has 29 heavy (non-hydrogen) atoms. The number of alkyl halides is 3. The fraction of sp³-hybridized carbons (Fsp3) is 0.136. The van der Waals surface area contributed by atoms with Gasteiger partial charge in [-0.15, -0.1) is 0 Å². The van der Waals surface area contributed by atoms with E-state index in [0.717, 1.165) is 0 Å². The van der Waals surface area contributed by atoms with E-state index in [1.165, 1.54) is 12.1 Å². The van der Waals surface area contributed by atoms with Crippen LogP contribution in [0.3, 0.4) is 0 Å². The van der Waals surface area contributed by atoms with Crippen molar-refractivity contribution in [2.75, 3.05) is 0 Å². The van der Waals surface area contributed by atoms with E-state index >= 15 is 0 Å². The molecule has 0 fully saturated rings. The third kappa shape index (κ3) is 5.29. The van der Waals surface area contributed by atoms with Crippen molar-refractivity contribution in [2.45, 2.75) is 19.2 Å². The molecule has 150 valence electrons. The van der Waals surface area contributed by atoms with E-state index in [2.05, 4.69) is 0 Å². The standard InChI is InChI=1S/C22H16ClF3O3/c23-18-8-6-14(7-9-18)13-29-19-11-16(15-4-2-1-3-5-15)10-17(12-20(27)28)21(19)22(24,25)26/h1-11H,12-13H2,(H,27,28). The molecular weight excluding hydrogens is 405 g/mol. The maximum absolute atomic E-state index is 13.8. The molecule has 3 aromatic rings. The summed E-state index contributed by atoms with van der Waals surface area (Å²) in [5, 5.41) is 9.62. The fourth-order valence-electron chi connectivity index (χ4n) is 2.95. The van der Waals surface area contributed by atoms with Crippen LogP contribution in [0.1, 0.15) is 16.7 Å². The Labute approximate surface area is 170 Å². The van der Waals surface area contributed by atoms with Crippen LogP contribution < -0.4 is 4.74 Å². The molecule has 0 aliphatic rings. The van der Waals surface area contributed by atoms with E-state index in [0.29, 0.717) is 21.7 Å². The minimum atomic E-state index is -4.77. The predicted octanol–water partition coefficient (Wildman–Crippen LogP) is 6.23. The van der Waals surface area contributed by atoms with Gasteiger partial charge in [0.2, 0.25) is 0 Å². The van der Waals surface area contributed by atoms with Gasteiger partial charge in [-0.25, -0.2) is 0 Å². The van der Waals surface area contributed by atoms with Crippen molar-refractivity contribution in [1.82, 2.24) is 0 Å². The molecule has 0 unspecified atom stereocenters. The highest BCUT2D eigenvalue weighted by Crippen LogP contribution is 2.42. The lowest BCUT2D eigenvalue weighted by atomic mass is 9.96. The summed E-state index contributed by atoms with van der Waals surface area (Å²) in [4.78, 5) is 11.2. The summed E-state index contributed by atoms with van der Waals surface area (Å²) in [6, 6.07) is 17.8. The summed E-state index contributed by atoms with van der Waals surface area (Å²) in [7, 11) is 0. The quantitative estimate of drug-likeness (QED) is 0.514. The molecule has 0 saturated carbocycles. The van der Waals surface area contributed by atoms with E-state index in [-0.39, 0.29) is 12.2 Å². The molecule has 0 aromatic heterocycles. The lowest BCUT2D eigenvalue weighted by Gasteiger charge is -2.19. The molecule has 0 amide bonds. The van der Waals surface area contributed by atoms with Crippen molar-refractivity contribution in [3.8, 4) is 16.9 Å². The number of benzene rings is 3. The largest absolute Gasteiger partial charge is 0.488 e. The number of hydrogen-bond acceptors (Lipinski definition) is 2. The average molecular weight is 421 g/mol. The van der Waals surface area contributed by atoms with E-state index in [1.807, 2.05) is 0 Å². The second-order valence-corrected chi connectivity index (χ2v) is 6.79. The third-order valence-corrected chi connectivity index (χ3v) is 4.48. The molecule has 1 N–H and O–H groups in total. The first-order chi connectivity index (χ1) is 13.7. The molecule has 3 nitrogen and oxygen atoms in total. The highest BCUT2D eigenvalue weighted by Gasteiger charge is 2.38. The minimum absolute atomic E-state index is 0.120. The molecule has 0 atom stereocenters. The van der Waals surface area contributed by atoms with Crippen LogP contribution in [-0.4, -0.2) is 11.1 Å². The Morgan fingerprint density at radius 3 is 2.21 bits per heavy atom. The van der Waals surface area contributed by atoms with Crippen molar-refractivity contribution in [2.24, 2.45) is 0 Å². The van der Waals surface area contributed by atoms with E-state index in [4.69, 9.17) is 21.4 Å². The summed E-state index contributed by atoms with van der Waals surface area (Å²) in [6.45, 7) is -0.120. The lowest BCUT2D eigenvalue weighted by Crippen LogP contribution is -2.15. The highest BCUT2D eigenvalue weighted by atomic mass is 35.5. The second kappa shape index (κ2) is 8.57. The first kappa shape index (κ1) is 20.7. The van der Waals surface area contributed by atoms with Gasteiger partial charge < -0.3 is 9.84 Å². The topological polar surface area (TPSA) is 46.5 Å². The van der Waals surface area contributed by atoms with E-state index in [1.54, 1.807) is 54.6 Å². The van der Waals surface area contributed by atoms with E-state index < -0.39 is 29.9 Å². The molecule has 7 heteroatoms. The SMILES string of the molecule is O=C(O)Cc1cc(-c2ccccc2)cc(OCc2ccc(Cl)cc2)c1C(F)(F)F. The van der Waals surface area contributed by atoms with E-state index in [9.17, 15) is 18.0 Å². The van der Waals surface area contributed by atoms with Gasteiger partial charge in [0.1, 0.15) is 17.9 Å². The Morgan fingerprint density at radius 2 is 1.62 bits per heavy atom. The van der Waals surface area contributed by atoms with Crippen LogP contribution in [0.15, 0.2) is 66.7 Å². The minimum Gasteiger partial charge on any atom is -0.488 e. The Kier molecular flexibility index (Phi) is 6.13. The molecule has 3 rings (SSSR count). The summed E-state index contributed by atoms with van der Waals surface area (Å²) in [5.74, 6) is -1.77. The van der Waals surface area contributed by atoms with Gasteiger partial charge in [0.15, 0.2) is 0 Å². The van der Waals surface area contributed by atoms with Crippen LogP contribution in [0.25, 0.3) is 11.1 Å². The number of ether oxygens (including phenoxy) is 1. The molecule has 0 bridgehead atoms. The average Bonchev–Trinajstić information content (AvgIpc) is 2.66. The molecular formula is C22H16ClF3O3. The van der Waals surface area contributed by atoms with Crippen LogP contribution in [0, 0.1) is 0 Å². The summed E-state index contributed by atoms with van der Waals surface area (Å²) >= 11 is 5.83. The maximum Gasteiger partial charge on any atom is 0.420 e. The number of hydrogen-bond donors (Lipinski definition) is 1. The first-order valence-corrected chi connectivity index (χ1v) is 9.00. The van der Waals surface area contributed by atoms with Crippen molar-refractivity contribution in [3.05, 3.63) is 88.4 Å². The third-order valence-electron chi connectivity index (χ3n) is 4.22. The van der Waals surface area contributed by atoms with Crippen molar-refractivity contribution in [3.63, 3.8) is 0 Å². The molecule has 0 spiro atoms. The molecule has 0 heterocycles. The molecule has 0 aliphatic carbocycles. The smallest absolute Gasteiger partial charge is 0.420 e. The number of halogens is 4. The van der Waals surface area contributed by atoms with Crippen LogP contribution in [0.4, 0.5) is 13.2 Å². The molecule has 0 aliphatic heterocycles. The normalized spacial score (nSPS) is 11.3. The zero-order chi connectivity index (χ0) is 21.0. The summed E-state index contributed by atoms with van der Waals surface area (Å²) in [6.07, 6.45) is -5.54. The van der Waals surface area contributed by atoms with Gasteiger partial charge in [-0.05, 0) is 46.5 Å². The maximum atomic E-state index is 13.8. The Balaban J connectivity index is 2.08. The van der Waals surface area contributed by atoms with Gasteiger partial charge in [-0.3, -0.25) is 4.79 Å². The number of carboxylic acid groups (broad SMARTS) is 1. The van der Waals surface area contributed by atoms with Crippen LogP contribution in [0.5, 0.6) is 5.75 Å². The zero-order valence-corrected chi connectivity index (χ0v) is 15.8. The predicted molar refractivity (Wildman–Crippen MR) is 104 cm³/mol. The molecule has 0 saturated heterocycles. The summed E-state index contributed by atoms with van der Waals surface area (Å²) in [5.41, 5.74) is 0.309. The van der Waals surface area contributed by atoms with Gasteiger partial charge in [0, 0.05) is 5.02 Å². The molecule has 3 aromatic carbocycles. The monoisotopic (exact) mass is 420 g/mol. The van der Waals surface area contributed by atoms with Gasteiger partial charge in [-0.2, -0.15) is 13.2 Å². The fourth-order valence-corrected chi connectivity index (χ4v) is 3.08. The lowest BCUT2D eigenvalue weighted by molar-refractivity contribution is -0.140. The Morgan fingerprint density at radius 1 is 0.966 bits per heavy atom. The number of carbonyl (C=O) groups is 1. The first-order valence-electron chi connectivity index (χ1n) is 8.62. The van der Waals surface area contributed by atoms with Gasteiger partial charge >= 0.3 is 12.1 Å². The van der Waals surface area contributed by atoms with Crippen molar-refractivity contribution >= 4 is 17.6 Å². The number of carboxylic acids is 1. The number of aliphatic carboxylic acids is 1. The van der Waals surface area contributed by atoms with Crippen LogP contribution in [0.2, 0.25) is 5.02 Å². The van der Waals surface area contributed by atoms with Crippen molar-refractivity contribution in [1.29, 1.82) is 0 Å². The van der Waals surface area contributed by atoms with Crippen LogP contribution >= 0.6 is 11.6 Å². The Bertz CT molecular complexity index is 1000. The second-order valence-electron chi connectivity index (χ2n) is 6.36. The zero-order valence-electron chi connectivity index (χ0n) is 15.0. The van der Waals surface area contributed by atoms with Gasteiger partial charge in [0.25, 0.3) is 0 Å². The van der Waals surface area contributed by atoms with Crippen molar-refractivity contribution < 1.29 is 27.8 Å². The number of rotatable bonds is 6. The highest BCUT2D eigenvalue weighted by molar-refractivity contribution is 6.30. The van der Waals surface area contributed by atoms with Crippen LogP contribution in [-0.2, 0) is 24.0 Å². The Hall–Kier alpha value is -2.99. The van der Waals surface area contributed by atoms with Gasteiger partial charge in [0.05, 0.1) is 6.42 Å². The van der Waals surface area contributed by atoms with Gasteiger partial charge in [-0.1, -0.05) is 54.1 Å². The summed E-state index contributed by atoms with van der Waals surface area (Å²) < 4.78 is 46.9.